The number of carboxylic acids is 1. The van der Waals surface area contributed by atoms with Gasteiger partial charge in [-0.2, -0.15) is 0 Å². The van der Waals surface area contributed by atoms with Crippen molar-refractivity contribution in [3.05, 3.63) is 35.9 Å². The van der Waals surface area contributed by atoms with Gasteiger partial charge in [-0.15, -0.1) is 0 Å². The molecule has 23 heavy (non-hydrogen) atoms. The molecule has 1 aromatic rings. The smallest absolute Gasteiger partial charge is 0.305 e. The molecule has 1 unspecified atom stereocenters. The Morgan fingerprint density at radius 1 is 1.26 bits per heavy atom. The van der Waals surface area contributed by atoms with Crippen LogP contribution in [0.15, 0.2) is 30.3 Å². The van der Waals surface area contributed by atoms with E-state index in [9.17, 15) is 14.4 Å². The molecule has 0 radical (unpaired) electrons. The molecule has 0 spiro atoms. The number of nitrogens with zero attached hydrogens (tertiary/aromatic N) is 1. The average molecular weight is 318 g/mol. The number of carboxylic acid groups (broad SMARTS) is 1. The van der Waals surface area contributed by atoms with Crippen LogP contribution in [-0.2, 0) is 9.59 Å². The van der Waals surface area contributed by atoms with Crippen molar-refractivity contribution in [2.24, 2.45) is 5.41 Å². The zero-order valence-electron chi connectivity index (χ0n) is 13.2. The van der Waals surface area contributed by atoms with Gasteiger partial charge in [0.1, 0.15) is 0 Å². The van der Waals surface area contributed by atoms with E-state index in [1.807, 2.05) is 25.1 Å². The van der Waals surface area contributed by atoms with Gasteiger partial charge in [-0.25, -0.2) is 0 Å². The van der Waals surface area contributed by atoms with Gasteiger partial charge in [0.25, 0.3) is 5.91 Å². The first-order valence-corrected chi connectivity index (χ1v) is 7.77. The Labute approximate surface area is 135 Å². The topological polar surface area (TPSA) is 86.7 Å². The van der Waals surface area contributed by atoms with E-state index in [0.717, 1.165) is 6.42 Å². The van der Waals surface area contributed by atoms with Gasteiger partial charge in [-0.05, 0) is 31.9 Å². The van der Waals surface area contributed by atoms with E-state index >= 15 is 0 Å². The minimum absolute atomic E-state index is 0.0742. The second-order valence-corrected chi connectivity index (χ2v) is 6.16. The largest absolute Gasteiger partial charge is 0.481 e. The van der Waals surface area contributed by atoms with Crippen LogP contribution in [0.25, 0.3) is 0 Å². The standard InChI is InChI=1S/C17H22N2O4/c1-17(16(23)18-10-8-14(20)21)9-5-11-19(12-17)15(22)13-6-3-2-4-7-13/h2-4,6-7H,5,8-12H2,1H3,(H,18,23)(H,20,21). The van der Waals surface area contributed by atoms with Crippen LogP contribution in [0.5, 0.6) is 0 Å². The van der Waals surface area contributed by atoms with Crippen molar-refractivity contribution in [3.8, 4) is 0 Å². The quantitative estimate of drug-likeness (QED) is 0.862. The second-order valence-electron chi connectivity index (χ2n) is 6.16. The lowest BCUT2D eigenvalue weighted by molar-refractivity contribution is -0.137. The Hall–Kier alpha value is -2.37. The van der Waals surface area contributed by atoms with Crippen LogP contribution >= 0.6 is 0 Å². The maximum absolute atomic E-state index is 12.5. The SMILES string of the molecule is CC1(C(=O)NCCC(=O)O)CCCN(C(=O)c2ccccc2)C1. The summed E-state index contributed by atoms with van der Waals surface area (Å²) < 4.78 is 0. The zero-order valence-corrected chi connectivity index (χ0v) is 13.2. The molecular weight excluding hydrogens is 296 g/mol. The molecule has 1 aliphatic heterocycles. The molecule has 1 atom stereocenters. The van der Waals surface area contributed by atoms with Gasteiger partial charge in [0.15, 0.2) is 0 Å². The van der Waals surface area contributed by atoms with Crippen molar-refractivity contribution in [2.75, 3.05) is 19.6 Å². The van der Waals surface area contributed by atoms with Crippen LogP contribution in [0.4, 0.5) is 0 Å². The predicted molar refractivity (Wildman–Crippen MR) is 84.9 cm³/mol. The van der Waals surface area contributed by atoms with Crippen molar-refractivity contribution >= 4 is 17.8 Å². The van der Waals surface area contributed by atoms with Gasteiger partial charge in [-0.3, -0.25) is 14.4 Å². The summed E-state index contributed by atoms with van der Waals surface area (Å²) in [6.45, 7) is 2.91. The number of aliphatic carboxylic acids is 1. The fraction of sp³-hybridized carbons (Fsp3) is 0.471. The number of carbonyl (C=O) groups excluding carboxylic acids is 2. The molecule has 0 aliphatic carbocycles. The lowest BCUT2D eigenvalue weighted by Crippen LogP contribution is -2.52. The monoisotopic (exact) mass is 318 g/mol. The van der Waals surface area contributed by atoms with Crippen LogP contribution in [-0.4, -0.2) is 47.4 Å². The third-order valence-electron chi connectivity index (χ3n) is 4.18. The molecule has 0 bridgehead atoms. The molecule has 1 aliphatic rings. The van der Waals surface area contributed by atoms with Crippen LogP contribution < -0.4 is 5.32 Å². The number of piperidine rings is 1. The Balaban J connectivity index is 2.00. The Kier molecular flexibility index (Phi) is 5.36. The highest BCUT2D eigenvalue weighted by Gasteiger charge is 2.39. The van der Waals surface area contributed by atoms with Crippen molar-refractivity contribution in [1.82, 2.24) is 10.2 Å². The zero-order chi connectivity index (χ0) is 16.9. The van der Waals surface area contributed by atoms with E-state index in [2.05, 4.69) is 5.32 Å². The summed E-state index contributed by atoms with van der Waals surface area (Å²) in [5.74, 6) is -1.21. The molecule has 0 aromatic heterocycles. The number of likely N-dealkylation sites (tertiary alicyclic amines) is 1. The molecule has 2 amide bonds. The number of benzene rings is 1. The van der Waals surface area contributed by atoms with E-state index < -0.39 is 11.4 Å². The van der Waals surface area contributed by atoms with E-state index in [1.54, 1.807) is 17.0 Å². The molecule has 2 N–H and O–H groups in total. The molecule has 124 valence electrons. The third-order valence-corrected chi connectivity index (χ3v) is 4.18. The molecule has 0 saturated carbocycles. The van der Waals surface area contributed by atoms with Gasteiger partial charge in [0.05, 0.1) is 11.8 Å². The molecule has 1 fully saturated rings. The molecule has 6 heteroatoms. The Bertz CT molecular complexity index is 588. The molecular formula is C17H22N2O4. The van der Waals surface area contributed by atoms with Crippen molar-refractivity contribution in [3.63, 3.8) is 0 Å². The normalized spacial score (nSPS) is 20.8. The number of hydrogen-bond acceptors (Lipinski definition) is 3. The fourth-order valence-electron chi connectivity index (χ4n) is 2.86. The lowest BCUT2D eigenvalue weighted by atomic mass is 9.80. The van der Waals surface area contributed by atoms with E-state index in [4.69, 9.17) is 5.11 Å². The Morgan fingerprint density at radius 3 is 2.61 bits per heavy atom. The number of carbonyl (C=O) groups is 3. The minimum Gasteiger partial charge on any atom is -0.481 e. The van der Waals surface area contributed by atoms with Crippen LogP contribution in [0, 0.1) is 5.41 Å². The maximum atomic E-state index is 12.5. The second kappa shape index (κ2) is 7.26. The molecule has 1 aromatic carbocycles. The number of amides is 2. The van der Waals surface area contributed by atoms with Crippen molar-refractivity contribution in [1.29, 1.82) is 0 Å². The number of nitrogens with one attached hydrogen (secondary N) is 1. The molecule has 1 saturated heterocycles. The molecule has 2 rings (SSSR count). The Morgan fingerprint density at radius 2 is 1.96 bits per heavy atom. The predicted octanol–water partition coefficient (Wildman–Crippen LogP) is 1.52. The van der Waals surface area contributed by atoms with E-state index in [-0.39, 0.29) is 24.8 Å². The lowest BCUT2D eigenvalue weighted by Gasteiger charge is -2.39. The van der Waals surface area contributed by atoms with Crippen LogP contribution in [0.1, 0.15) is 36.5 Å². The van der Waals surface area contributed by atoms with Gasteiger partial charge in [0.2, 0.25) is 5.91 Å². The minimum atomic E-state index is -0.944. The van der Waals surface area contributed by atoms with Crippen LogP contribution in [0.3, 0.4) is 0 Å². The summed E-state index contributed by atoms with van der Waals surface area (Å²) in [6, 6.07) is 9.01. The van der Waals surface area contributed by atoms with Gasteiger partial charge >= 0.3 is 5.97 Å². The van der Waals surface area contributed by atoms with E-state index in [0.29, 0.717) is 25.1 Å². The first-order chi connectivity index (χ1) is 10.9. The fourth-order valence-corrected chi connectivity index (χ4v) is 2.86. The molecule has 6 nitrogen and oxygen atoms in total. The van der Waals surface area contributed by atoms with Gasteiger partial charge < -0.3 is 15.3 Å². The van der Waals surface area contributed by atoms with Gasteiger partial charge in [0, 0.05) is 25.2 Å². The third kappa shape index (κ3) is 4.31. The number of rotatable bonds is 5. The summed E-state index contributed by atoms with van der Waals surface area (Å²) >= 11 is 0. The summed E-state index contributed by atoms with van der Waals surface area (Å²) in [5.41, 5.74) is -0.0654. The van der Waals surface area contributed by atoms with Crippen LogP contribution in [0.2, 0.25) is 0 Å². The summed E-state index contributed by atoms with van der Waals surface area (Å²) in [4.78, 5) is 37.1. The van der Waals surface area contributed by atoms with Crippen molar-refractivity contribution in [2.45, 2.75) is 26.2 Å². The average Bonchev–Trinajstić information content (AvgIpc) is 2.54. The highest BCUT2D eigenvalue weighted by molar-refractivity contribution is 5.95. The first kappa shape index (κ1) is 17.0. The first-order valence-electron chi connectivity index (χ1n) is 7.77. The van der Waals surface area contributed by atoms with Gasteiger partial charge in [-0.1, -0.05) is 18.2 Å². The summed E-state index contributed by atoms with van der Waals surface area (Å²) in [5, 5.41) is 11.3. The highest BCUT2D eigenvalue weighted by atomic mass is 16.4. The summed E-state index contributed by atoms with van der Waals surface area (Å²) in [7, 11) is 0. The van der Waals surface area contributed by atoms with Crippen molar-refractivity contribution < 1.29 is 19.5 Å². The maximum Gasteiger partial charge on any atom is 0.305 e. The molecule has 1 heterocycles. The summed E-state index contributed by atoms with van der Waals surface area (Å²) in [6.07, 6.45) is 1.33. The van der Waals surface area contributed by atoms with E-state index in [1.165, 1.54) is 0 Å². The highest BCUT2D eigenvalue weighted by Crippen LogP contribution is 2.30. The number of hydrogen-bond donors (Lipinski definition) is 2.